The third kappa shape index (κ3) is 5.24. The Bertz CT molecular complexity index is 1090. The van der Waals surface area contributed by atoms with Gasteiger partial charge in [0.1, 0.15) is 12.3 Å². The van der Waals surface area contributed by atoms with Crippen molar-refractivity contribution in [2.24, 2.45) is 0 Å². The minimum atomic E-state index is -0.0965. The largest absolute Gasteiger partial charge is 0.504 e. The summed E-state index contributed by atoms with van der Waals surface area (Å²) in [7, 11) is 1.61. The van der Waals surface area contributed by atoms with Gasteiger partial charge in [0.15, 0.2) is 22.1 Å². The van der Waals surface area contributed by atoms with Gasteiger partial charge in [-0.05, 0) is 68.0 Å². The minimum absolute atomic E-state index is 0.0565. The van der Waals surface area contributed by atoms with E-state index in [0.717, 1.165) is 16.9 Å². The van der Waals surface area contributed by atoms with Crippen molar-refractivity contribution in [2.75, 3.05) is 20.3 Å². The minimum Gasteiger partial charge on any atom is -0.504 e. The maximum absolute atomic E-state index is 13.1. The second-order valence-corrected chi connectivity index (χ2v) is 7.20. The summed E-state index contributed by atoms with van der Waals surface area (Å²) in [6.07, 6.45) is 0. The van der Waals surface area contributed by atoms with Gasteiger partial charge < -0.3 is 19.5 Å². The van der Waals surface area contributed by atoms with Gasteiger partial charge in [-0.3, -0.25) is 14.5 Å². The zero-order valence-corrected chi connectivity index (χ0v) is 18.6. The van der Waals surface area contributed by atoms with Crippen molar-refractivity contribution < 1.29 is 19.4 Å². The van der Waals surface area contributed by atoms with E-state index < -0.39 is 0 Å². The molecule has 2 aromatic carbocycles. The number of aromatic amines is 1. The lowest BCUT2D eigenvalue weighted by Gasteiger charge is -2.22. The van der Waals surface area contributed by atoms with E-state index in [1.165, 1.54) is 0 Å². The number of phenols is 1. The zero-order chi connectivity index (χ0) is 22.4. The zero-order valence-electron chi connectivity index (χ0n) is 17.8. The van der Waals surface area contributed by atoms with Gasteiger partial charge in [0.2, 0.25) is 5.91 Å². The van der Waals surface area contributed by atoms with Crippen LogP contribution in [0.15, 0.2) is 42.5 Å². The number of hydrogen-bond donors (Lipinski definition) is 2. The SMILES string of the molecule is CCOc1cc(CN(CC)C(=O)Cn2c(-c3ccc(OC)cc3)n[nH]c2=S)ccc1O. The molecule has 3 rings (SSSR count). The van der Waals surface area contributed by atoms with Crippen LogP contribution in [0.25, 0.3) is 11.4 Å². The van der Waals surface area contributed by atoms with Crippen LogP contribution in [0.2, 0.25) is 0 Å². The molecular weight excluding hydrogens is 416 g/mol. The molecule has 0 atom stereocenters. The van der Waals surface area contributed by atoms with E-state index in [1.807, 2.05) is 38.1 Å². The number of benzene rings is 2. The van der Waals surface area contributed by atoms with Gasteiger partial charge in [-0.1, -0.05) is 6.07 Å². The number of H-pyrrole nitrogens is 1. The van der Waals surface area contributed by atoms with Crippen LogP contribution in [0.4, 0.5) is 0 Å². The van der Waals surface area contributed by atoms with Crippen molar-refractivity contribution >= 4 is 18.1 Å². The van der Waals surface area contributed by atoms with Crippen LogP contribution in [0.1, 0.15) is 19.4 Å². The van der Waals surface area contributed by atoms with Gasteiger partial charge in [0.25, 0.3) is 0 Å². The van der Waals surface area contributed by atoms with Crippen molar-refractivity contribution in [1.82, 2.24) is 19.7 Å². The summed E-state index contributed by atoms with van der Waals surface area (Å²) >= 11 is 5.36. The van der Waals surface area contributed by atoms with Gasteiger partial charge in [-0.15, -0.1) is 0 Å². The lowest BCUT2D eigenvalue weighted by Crippen LogP contribution is -2.33. The molecular formula is C22H26N4O4S. The molecule has 1 heterocycles. The van der Waals surface area contributed by atoms with Crippen molar-refractivity contribution in [1.29, 1.82) is 0 Å². The molecule has 0 aliphatic rings. The molecule has 1 amide bonds. The van der Waals surface area contributed by atoms with E-state index in [-0.39, 0.29) is 18.2 Å². The number of hydrogen-bond acceptors (Lipinski definition) is 6. The van der Waals surface area contributed by atoms with E-state index in [4.69, 9.17) is 21.7 Å². The van der Waals surface area contributed by atoms with Crippen LogP contribution in [0, 0.1) is 4.77 Å². The Balaban J connectivity index is 1.79. The number of carbonyl (C=O) groups is 1. The molecule has 0 unspecified atom stereocenters. The van der Waals surface area contributed by atoms with Crippen molar-refractivity contribution in [3.63, 3.8) is 0 Å². The number of aromatic hydroxyl groups is 1. The fourth-order valence-electron chi connectivity index (χ4n) is 3.18. The number of carbonyl (C=O) groups excluding carboxylic acids is 1. The van der Waals surface area contributed by atoms with Crippen LogP contribution >= 0.6 is 12.2 Å². The predicted octanol–water partition coefficient (Wildman–Crippen LogP) is 3.77. The van der Waals surface area contributed by atoms with Crippen molar-refractivity contribution in [2.45, 2.75) is 26.9 Å². The maximum Gasteiger partial charge on any atom is 0.242 e. The number of nitrogens with one attached hydrogen (secondary N) is 1. The molecule has 0 radical (unpaired) electrons. The van der Waals surface area contributed by atoms with E-state index >= 15 is 0 Å². The summed E-state index contributed by atoms with van der Waals surface area (Å²) in [6, 6.07) is 12.5. The first-order valence-electron chi connectivity index (χ1n) is 9.98. The Morgan fingerprint density at radius 3 is 2.61 bits per heavy atom. The average molecular weight is 443 g/mol. The third-order valence-corrected chi connectivity index (χ3v) is 5.14. The van der Waals surface area contributed by atoms with E-state index in [9.17, 15) is 9.90 Å². The first-order chi connectivity index (χ1) is 15.0. The van der Waals surface area contributed by atoms with Crippen LogP contribution in [0.3, 0.4) is 0 Å². The molecule has 0 bridgehead atoms. The van der Waals surface area contributed by atoms with Gasteiger partial charge in [-0.2, -0.15) is 5.10 Å². The molecule has 0 saturated carbocycles. The summed E-state index contributed by atoms with van der Waals surface area (Å²) in [5, 5.41) is 17.0. The Labute approximate surface area is 186 Å². The highest BCUT2D eigenvalue weighted by molar-refractivity contribution is 7.71. The Kier molecular flexibility index (Phi) is 7.30. The highest BCUT2D eigenvalue weighted by Crippen LogP contribution is 2.27. The fourth-order valence-corrected chi connectivity index (χ4v) is 3.38. The second kappa shape index (κ2) is 10.1. The highest BCUT2D eigenvalue weighted by atomic mass is 32.1. The van der Waals surface area contributed by atoms with Crippen LogP contribution in [-0.4, -0.2) is 50.9 Å². The number of likely N-dealkylation sites (N-methyl/N-ethyl adjacent to an activating group) is 1. The average Bonchev–Trinajstić information content (AvgIpc) is 3.14. The topological polar surface area (TPSA) is 92.6 Å². The molecule has 0 spiro atoms. The van der Waals surface area contributed by atoms with E-state index in [1.54, 1.807) is 34.8 Å². The molecule has 164 valence electrons. The van der Waals surface area contributed by atoms with Crippen molar-refractivity contribution in [3.05, 3.63) is 52.8 Å². The first-order valence-corrected chi connectivity index (χ1v) is 10.4. The standard InChI is InChI=1S/C22H26N4O4S/c1-4-25(13-15-6-11-18(27)19(12-15)30-5-2)20(28)14-26-21(23-24-22(26)31)16-7-9-17(29-3)10-8-16/h6-12,27H,4-5,13-14H2,1-3H3,(H,24,31). The maximum atomic E-state index is 13.1. The molecule has 2 N–H and O–H groups in total. The lowest BCUT2D eigenvalue weighted by molar-refractivity contribution is -0.132. The van der Waals surface area contributed by atoms with Crippen LogP contribution in [0.5, 0.6) is 17.2 Å². The number of nitrogens with zero attached hydrogens (tertiary/aromatic N) is 3. The monoisotopic (exact) mass is 442 g/mol. The lowest BCUT2D eigenvalue weighted by atomic mass is 10.2. The second-order valence-electron chi connectivity index (χ2n) is 6.81. The number of phenolic OH excluding ortho intramolecular Hbond substituents is 1. The summed E-state index contributed by atoms with van der Waals surface area (Å²) in [6.45, 7) is 5.18. The fraction of sp³-hybridized carbons (Fsp3) is 0.318. The van der Waals surface area contributed by atoms with Crippen LogP contribution < -0.4 is 9.47 Å². The summed E-state index contributed by atoms with van der Waals surface area (Å²) in [5.74, 6) is 1.70. The molecule has 0 saturated heterocycles. The molecule has 1 aromatic heterocycles. The number of amides is 1. The third-order valence-electron chi connectivity index (χ3n) is 4.83. The first kappa shape index (κ1) is 22.4. The van der Waals surface area contributed by atoms with E-state index in [0.29, 0.717) is 36.0 Å². The quantitative estimate of drug-likeness (QED) is 0.490. The molecule has 0 fully saturated rings. The number of ether oxygens (including phenoxy) is 2. The molecule has 0 aliphatic carbocycles. The number of methoxy groups -OCH3 is 1. The smallest absolute Gasteiger partial charge is 0.242 e. The normalized spacial score (nSPS) is 10.7. The molecule has 0 aliphatic heterocycles. The van der Waals surface area contributed by atoms with Crippen molar-refractivity contribution in [3.8, 4) is 28.6 Å². The van der Waals surface area contributed by atoms with E-state index in [2.05, 4.69) is 10.2 Å². The summed E-state index contributed by atoms with van der Waals surface area (Å²) < 4.78 is 12.7. The van der Waals surface area contributed by atoms with Gasteiger partial charge in [0, 0.05) is 18.7 Å². The Morgan fingerprint density at radius 1 is 1.23 bits per heavy atom. The highest BCUT2D eigenvalue weighted by Gasteiger charge is 2.18. The summed E-state index contributed by atoms with van der Waals surface area (Å²) in [4.78, 5) is 14.8. The molecule has 3 aromatic rings. The summed E-state index contributed by atoms with van der Waals surface area (Å²) in [5.41, 5.74) is 1.69. The number of aromatic nitrogens is 3. The molecule has 8 nitrogen and oxygen atoms in total. The van der Waals surface area contributed by atoms with Gasteiger partial charge >= 0.3 is 0 Å². The molecule has 31 heavy (non-hydrogen) atoms. The molecule has 9 heteroatoms. The number of rotatable bonds is 9. The Hall–Kier alpha value is -3.33. The van der Waals surface area contributed by atoms with Gasteiger partial charge in [-0.25, -0.2) is 0 Å². The predicted molar refractivity (Wildman–Crippen MR) is 120 cm³/mol. The van der Waals surface area contributed by atoms with Gasteiger partial charge in [0.05, 0.1) is 13.7 Å². The van der Waals surface area contributed by atoms with Crippen LogP contribution in [-0.2, 0) is 17.9 Å². The Morgan fingerprint density at radius 2 is 1.97 bits per heavy atom.